The van der Waals surface area contributed by atoms with Gasteiger partial charge in [-0.1, -0.05) is 6.92 Å². The van der Waals surface area contributed by atoms with E-state index in [1.165, 1.54) is 25.9 Å². The molecule has 0 spiro atoms. The molecular weight excluding hydrogens is 210 g/mol. The highest BCUT2D eigenvalue weighted by Gasteiger charge is 2.33. The van der Waals surface area contributed by atoms with Crippen molar-refractivity contribution in [2.45, 2.75) is 51.7 Å². The molecule has 0 amide bonds. The lowest BCUT2D eigenvalue weighted by molar-refractivity contribution is 0.0493. The zero-order chi connectivity index (χ0) is 13.0. The van der Waals surface area contributed by atoms with Gasteiger partial charge in [0.05, 0.1) is 0 Å². The van der Waals surface area contributed by atoms with Crippen LogP contribution in [-0.2, 0) is 0 Å². The molecule has 1 rings (SSSR count). The molecule has 17 heavy (non-hydrogen) atoms. The van der Waals surface area contributed by atoms with Gasteiger partial charge >= 0.3 is 0 Å². The maximum absolute atomic E-state index is 3.46. The van der Waals surface area contributed by atoms with Crippen molar-refractivity contribution in [3.63, 3.8) is 0 Å². The Morgan fingerprint density at radius 2 is 2.00 bits per heavy atom. The topological polar surface area (TPSA) is 18.5 Å². The number of piperidine rings is 1. The van der Waals surface area contributed by atoms with Gasteiger partial charge in [-0.3, -0.25) is 4.90 Å². The first-order chi connectivity index (χ1) is 7.97. The molecule has 3 heteroatoms. The Morgan fingerprint density at radius 3 is 2.53 bits per heavy atom. The Bertz CT molecular complexity index is 218. The maximum Gasteiger partial charge on any atom is 0.0117 e. The molecule has 1 heterocycles. The van der Waals surface area contributed by atoms with E-state index in [0.717, 1.165) is 5.92 Å². The smallest absolute Gasteiger partial charge is 0.0117 e. The average Bonchev–Trinajstić information content (AvgIpc) is 2.29. The summed E-state index contributed by atoms with van der Waals surface area (Å²) in [4.78, 5) is 4.98. The van der Waals surface area contributed by atoms with Gasteiger partial charge in [0.1, 0.15) is 0 Å². The number of rotatable bonds is 5. The van der Waals surface area contributed by atoms with Crippen LogP contribution in [0, 0.1) is 5.92 Å². The summed E-state index contributed by atoms with van der Waals surface area (Å²) >= 11 is 0. The number of hydrogen-bond donors (Lipinski definition) is 1. The van der Waals surface area contributed by atoms with Crippen LogP contribution >= 0.6 is 0 Å². The van der Waals surface area contributed by atoms with Crippen molar-refractivity contribution in [3.8, 4) is 0 Å². The second-order valence-electron chi connectivity index (χ2n) is 5.96. The molecule has 0 aromatic heterocycles. The Balaban J connectivity index is 2.49. The van der Waals surface area contributed by atoms with Crippen molar-refractivity contribution in [2.24, 2.45) is 5.92 Å². The predicted octanol–water partition coefficient (Wildman–Crippen LogP) is 1.64. The summed E-state index contributed by atoms with van der Waals surface area (Å²) in [5, 5.41) is 3.46. The van der Waals surface area contributed by atoms with Crippen molar-refractivity contribution in [2.75, 3.05) is 34.2 Å². The lowest BCUT2D eigenvalue weighted by Crippen LogP contribution is -2.55. The molecule has 3 nitrogen and oxygen atoms in total. The van der Waals surface area contributed by atoms with Crippen molar-refractivity contribution in [1.82, 2.24) is 15.1 Å². The molecule has 0 aromatic rings. The fourth-order valence-electron chi connectivity index (χ4n) is 3.03. The van der Waals surface area contributed by atoms with E-state index in [1.807, 2.05) is 0 Å². The van der Waals surface area contributed by atoms with E-state index in [1.54, 1.807) is 0 Å². The molecule has 0 bridgehead atoms. The molecular formula is C14H31N3. The van der Waals surface area contributed by atoms with Crippen LogP contribution in [0.2, 0.25) is 0 Å². The summed E-state index contributed by atoms with van der Waals surface area (Å²) < 4.78 is 0. The Hall–Kier alpha value is -0.120. The zero-order valence-corrected chi connectivity index (χ0v) is 12.5. The Morgan fingerprint density at radius 1 is 1.35 bits per heavy atom. The van der Waals surface area contributed by atoms with E-state index in [2.05, 4.69) is 57.0 Å². The van der Waals surface area contributed by atoms with Gasteiger partial charge < -0.3 is 10.2 Å². The van der Waals surface area contributed by atoms with Crippen LogP contribution in [-0.4, -0.2) is 62.2 Å². The van der Waals surface area contributed by atoms with Crippen molar-refractivity contribution >= 4 is 0 Å². The normalized spacial score (nSPS) is 33.0. The zero-order valence-electron chi connectivity index (χ0n) is 12.5. The molecule has 102 valence electrons. The predicted molar refractivity (Wildman–Crippen MR) is 75.4 cm³/mol. The SMILES string of the molecule is CNC1CCN(C(C)CCN(C)C)C(C)C1C. The minimum Gasteiger partial charge on any atom is -0.317 e. The molecule has 1 saturated heterocycles. The number of likely N-dealkylation sites (tertiary alicyclic amines) is 1. The molecule has 0 aliphatic carbocycles. The molecule has 0 saturated carbocycles. The number of nitrogens with one attached hydrogen (secondary N) is 1. The Labute approximate surface area is 108 Å². The van der Waals surface area contributed by atoms with E-state index in [0.29, 0.717) is 18.1 Å². The average molecular weight is 241 g/mol. The van der Waals surface area contributed by atoms with Crippen LogP contribution in [0.3, 0.4) is 0 Å². The van der Waals surface area contributed by atoms with Crippen LogP contribution in [0.5, 0.6) is 0 Å². The minimum absolute atomic E-state index is 0.693. The summed E-state index contributed by atoms with van der Waals surface area (Å²) in [6.45, 7) is 9.59. The highest BCUT2D eigenvalue weighted by molar-refractivity contribution is 4.90. The van der Waals surface area contributed by atoms with Crippen LogP contribution < -0.4 is 5.32 Å². The van der Waals surface area contributed by atoms with Gasteiger partial charge in [0.2, 0.25) is 0 Å². The molecule has 1 aliphatic heterocycles. The van der Waals surface area contributed by atoms with E-state index >= 15 is 0 Å². The quantitative estimate of drug-likeness (QED) is 0.789. The summed E-state index contributed by atoms with van der Waals surface area (Å²) in [6.07, 6.45) is 2.56. The second-order valence-corrected chi connectivity index (χ2v) is 5.96. The number of hydrogen-bond acceptors (Lipinski definition) is 3. The van der Waals surface area contributed by atoms with Gasteiger partial charge in [-0.25, -0.2) is 0 Å². The van der Waals surface area contributed by atoms with Crippen molar-refractivity contribution in [1.29, 1.82) is 0 Å². The molecule has 1 N–H and O–H groups in total. The van der Waals surface area contributed by atoms with E-state index < -0.39 is 0 Å². The first-order valence-electron chi connectivity index (χ1n) is 7.05. The summed E-state index contributed by atoms with van der Waals surface area (Å²) in [6, 6.07) is 2.09. The highest BCUT2D eigenvalue weighted by atomic mass is 15.2. The van der Waals surface area contributed by atoms with Crippen molar-refractivity contribution in [3.05, 3.63) is 0 Å². The molecule has 0 aromatic carbocycles. The standard InChI is InChI=1S/C14H31N3/c1-11(7-9-16(5)6)17-10-8-14(15-4)12(2)13(17)3/h11-15H,7-10H2,1-6H3. The Kier molecular flexibility index (Phi) is 5.90. The third kappa shape index (κ3) is 3.94. The van der Waals surface area contributed by atoms with Crippen LogP contribution in [0.4, 0.5) is 0 Å². The summed E-state index contributed by atoms with van der Waals surface area (Å²) in [5.41, 5.74) is 0. The molecule has 1 fully saturated rings. The molecule has 0 radical (unpaired) electrons. The van der Waals surface area contributed by atoms with Crippen LogP contribution in [0.15, 0.2) is 0 Å². The maximum atomic E-state index is 3.46. The van der Waals surface area contributed by atoms with Gasteiger partial charge in [-0.2, -0.15) is 0 Å². The van der Waals surface area contributed by atoms with E-state index in [9.17, 15) is 0 Å². The van der Waals surface area contributed by atoms with Gasteiger partial charge in [-0.15, -0.1) is 0 Å². The van der Waals surface area contributed by atoms with Gasteiger partial charge in [0.25, 0.3) is 0 Å². The lowest BCUT2D eigenvalue weighted by Gasteiger charge is -2.45. The summed E-state index contributed by atoms with van der Waals surface area (Å²) in [5.74, 6) is 0.746. The largest absolute Gasteiger partial charge is 0.317 e. The third-order valence-electron chi connectivity index (χ3n) is 4.55. The second kappa shape index (κ2) is 6.72. The van der Waals surface area contributed by atoms with E-state index in [4.69, 9.17) is 0 Å². The van der Waals surface area contributed by atoms with E-state index in [-0.39, 0.29) is 0 Å². The summed E-state index contributed by atoms with van der Waals surface area (Å²) in [7, 11) is 6.41. The van der Waals surface area contributed by atoms with Gasteiger partial charge in [0.15, 0.2) is 0 Å². The molecule has 1 aliphatic rings. The molecule has 4 atom stereocenters. The lowest BCUT2D eigenvalue weighted by atomic mass is 9.86. The molecule has 4 unspecified atom stereocenters. The fourth-order valence-corrected chi connectivity index (χ4v) is 3.03. The van der Waals surface area contributed by atoms with Crippen molar-refractivity contribution < 1.29 is 0 Å². The minimum atomic E-state index is 0.693. The monoisotopic (exact) mass is 241 g/mol. The fraction of sp³-hybridized carbons (Fsp3) is 1.00. The number of nitrogens with zero attached hydrogens (tertiary/aromatic N) is 2. The third-order valence-corrected chi connectivity index (χ3v) is 4.55. The van der Waals surface area contributed by atoms with Crippen LogP contribution in [0.1, 0.15) is 33.6 Å². The first-order valence-corrected chi connectivity index (χ1v) is 7.05. The first kappa shape index (κ1) is 14.9. The van der Waals surface area contributed by atoms with Crippen LogP contribution in [0.25, 0.3) is 0 Å². The van der Waals surface area contributed by atoms with Gasteiger partial charge in [-0.05, 0) is 60.3 Å². The van der Waals surface area contributed by atoms with Gasteiger partial charge in [0, 0.05) is 24.7 Å². The highest BCUT2D eigenvalue weighted by Crippen LogP contribution is 2.26.